The Morgan fingerprint density at radius 3 is 2.15 bits per heavy atom. The maximum Gasteiger partial charge on any atom is 0.255 e. The molecule has 0 spiro atoms. The average Bonchev–Trinajstić information content (AvgIpc) is 2.89. The van der Waals surface area contributed by atoms with Gasteiger partial charge in [0, 0.05) is 40.8 Å². The van der Waals surface area contributed by atoms with Crippen LogP contribution in [0.4, 0.5) is 15.8 Å². The van der Waals surface area contributed by atoms with E-state index < -0.39 is 21.7 Å². The molecular formula is C29H25Cl2FN4O3S. The summed E-state index contributed by atoms with van der Waals surface area (Å²) in [4.78, 5) is 18.7. The van der Waals surface area contributed by atoms with Crippen LogP contribution >= 0.6 is 23.2 Å². The average molecular weight is 600 g/mol. The number of halogens is 3. The zero-order valence-electron chi connectivity index (χ0n) is 21.1. The Bertz CT molecular complexity index is 1550. The first-order valence-corrected chi connectivity index (χ1v) is 14.8. The molecule has 1 amide bonds. The quantitative estimate of drug-likeness (QED) is 0.238. The number of carbonyl (C=O) groups is 1. The molecule has 4 aromatic rings. The maximum absolute atomic E-state index is 14.3. The molecule has 0 radical (unpaired) electrons. The van der Waals surface area contributed by atoms with Gasteiger partial charge in [-0.15, -0.1) is 0 Å². The fraction of sp³-hybridized carbons (Fsp3) is 0.172. The Kier molecular flexibility index (Phi) is 8.37. The zero-order valence-corrected chi connectivity index (χ0v) is 23.4. The molecule has 2 heterocycles. The topological polar surface area (TPSA) is 91.4 Å². The molecular weight excluding hydrogens is 574 g/mol. The van der Waals surface area contributed by atoms with E-state index >= 15 is 0 Å². The van der Waals surface area contributed by atoms with E-state index in [4.69, 9.17) is 23.2 Å². The van der Waals surface area contributed by atoms with E-state index in [1.54, 1.807) is 18.3 Å². The predicted octanol–water partition coefficient (Wildman–Crippen LogP) is 6.24. The van der Waals surface area contributed by atoms with Crippen LogP contribution in [0.3, 0.4) is 0 Å². The SMILES string of the molecule is O=C(Nc1cccnc1)c1cc(F)cc(NS(=O)(=O)CC2CN(C(c3ccc(Cl)cc3)c3ccc(Cl)cc3)C2)c1. The highest BCUT2D eigenvalue weighted by atomic mass is 35.5. The standard InChI is InChI=1S/C29H25Cl2FN4O3S/c30-23-7-3-20(4-8-23)28(21-5-9-24(31)10-6-21)36-16-19(17-36)18-40(38,39)35-27-13-22(12-25(32)14-27)29(37)34-26-2-1-11-33-15-26/h1-15,19,28,35H,16-18H2,(H,34,37). The van der Waals surface area contributed by atoms with Crippen molar-refractivity contribution in [3.8, 4) is 0 Å². The van der Waals surface area contributed by atoms with Gasteiger partial charge < -0.3 is 5.32 Å². The Balaban J connectivity index is 1.25. The Labute approximate surface area is 242 Å². The molecule has 0 unspecified atom stereocenters. The molecule has 0 atom stereocenters. The monoisotopic (exact) mass is 598 g/mol. The van der Waals surface area contributed by atoms with Crippen molar-refractivity contribution >= 4 is 50.5 Å². The number of rotatable bonds is 9. The van der Waals surface area contributed by atoms with Gasteiger partial charge in [-0.05, 0) is 65.7 Å². The molecule has 0 aliphatic carbocycles. The lowest BCUT2D eigenvalue weighted by atomic mass is 9.91. The number of likely N-dealkylation sites (tertiary alicyclic amines) is 1. The highest BCUT2D eigenvalue weighted by Gasteiger charge is 2.36. The third-order valence-electron chi connectivity index (χ3n) is 6.53. The van der Waals surface area contributed by atoms with Crippen molar-refractivity contribution in [3.05, 3.63) is 124 Å². The minimum absolute atomic E-state index is 0.0206. The normalized spacial score (nSPS) is 14.1. The molecule has 206 valence electrons. The van der Waals surface area contributed by atoms with Crippen LogP contribution in [-0.2, 0) is 10.0 Å². The van der Waals surface area contributed by atoms with Crippen LogP contribution < -0.4 is 10.0 Å². The number of nitrogens with one attached hydrogen (secondary N) is 2. The van der Waals surface area contributed by atoms with Gasteiger partial charge in [0.15, 0.2) is 0 Å². The second kappa shape index (κ2) is 11.9. The molecule has 0 bridgehead atoms. The molecule has 3 aromatic carbocycles. The first kappa shape index (κ1) is 28.0. The zero-order chi connectivity index (χ0) is 28.3. The summed E-state index contributed by atoms with van der Waals surface area (Å²) < 4.78 is 42.7. The summed E-state index contributed by atoms with van der Waals surface area (Å²) in [7, 11) is -3.82. The van der Waals surface area contributed by atoms with E-state index in [9.17, 15) is 17.6 Å². The second-order valence-electron chi connectivity index (χ2n) is 9.63. The van der Waals surface area contributed by atoms with Crippen molar-refractivity contribution < 1.29 is 17.6 Å². The number of anilines is 2. The third-order valence-corrected chi connectivity index (χ3v) is 8.49. The van der Waals surface area contributed by atoms with Crippen molar-refractivity contribution in [2.24, 2.45) is 5.92 Å². The number of amides is 1. The lowest BCUT2D eigenvalue weighted by Crippen LogP contribution is -2.51. The van der Waals surface area contributed by atoms with Gasteiger partial charge in [0.1, 0.15) is 5.82 Å². The fourth-order valence-electron chi connectivity index (χ4n) is 4.78. The minimum atomic E-state index is -3.82. The number of nitrogens with zero attached hydrogens (tertiary/aromatic N) is 2. The molecule has 5 rings (SSSR count). The largest absolute Gasteiger partial charge is 0.321 e. The summed E-state index contributed by atoms with van der Waals surface area (Å²) in [5.41, 5.74) is 2.45. The molecule has 1 aliphatic heterocycles. The van der Waals surface area contributed by atoms with Crippen molar-refractivity contribution in [2.75, 3.05) is 28.9 Å². The van der Waals surface area contributed by atoms with E-state index in [0.717, 1.165) is 23.3 Å². The summed E-state index contributed by atoms with van der Waals surface area (Å²) in [6, 6.07) is 21.7. The summed E-state index contributed by atoms with van der Waals surface area (Å²) in [6.45, 7) is 1.08. The summed E-state index contributed by atoms with van der Waals surface area (Å²) >= 11 is 12.2. The van der Waals surface area contributed by atoms with Crippen LogP contribution in [0.2, 0.25) is 10.0 Å². The summed E-state index contributed by atoms with van der Waals surface area (Å²) in [6.07, 6.45) is 3.01. The molecule has 1 aliphatic rings. The van der Waals surface area contributed by atoms with Crippen LogP contribution in [-0.4, -0.2) is 43.1 Å². The van der Waals surface area contributed by atoms with E-state index in [0.29, 0.717) is 28.8 Å². The molecule has 40 heavy (non-hydrogen) atoms. The molecule has 1 aromatic heterocycles. The van der Waals surface area contributed by atoms with Gasteiger partial charge in [-0.3, -0.25) is 19.4 Å². The number of benzene rings is 3. The number of hydrogen-bond acceptors (Lipinski definition) is 5. The van der Waals surface area contributed by atoms with Gasteiger partial charge in [0.2, 0.25) is 10.0 Å². The number of carbonyl (C=O) groups excluding carboxylic acids is 1. The molecule has 0 saturated carbocycles. The third kappa shape index (κ3) is 6.98. The van der Waals surface area contributed by atoms with Gasteiger partial charge in [0.25, 0.3) is 5.91 Å². The van der Waals surface area contributed by atoms with Gasteiger partial charge in [-0.25, -0.2) is 12.8 Å². The Morgan fingerprint density at radius 1 is 0.950 bits per heavy atom. The van der Waals surface area contributed by atoms with Gasteiger partial charge in [0.05, 0.1) is 29.4 Å². The van der Waals surface area contributed by atoms with Crippen LogP contribution in [0, 0.1) is 11.7 Å². The van der Waals surface area contributed by atoms with Crippen molar-refractivity contribution in [2.45, 2.75) is 6.04 Å². The number of hydrogen-bond donors (Lipinski definition) is 2. The van der Waals surface area contributed by atoms with Crippen LogP contribution in [0.5, 0.6) is 0 Å². The molecule has 1 fully saturated rings. The lowest BCUT2D eigenvalue weighted by Gasteiger charge is -2.44. The lowest BCUT2D eigenvalue weighted by molar-refractivity contribution is 0.0813. The first-order valence-electron chi connectivity index (χ1n) is 12.4. The van der Waals surface area contributed by atoms with Crippen molar-refractivity contribution in [1.82, 2.24) is 9.88 Å². The van der Waals surface area contributed by atoms with Crippen molar-refractivity contribution in [1.29, 1.82) is 0 Å². The minimum Gasteiger partial charge on any atom is -0.321 e. The molecule has 2 N–H and O–H groups in total. The smallest absolute Gasteiger partial charge is 0.255 e. The predicted molar refractivity (Wildman–Crippen MR) is 156 cm³/mol. The van der Waals surface area contributed by atoms with Crippen LogP contribution in [0.1, 0.15) is 27.5 Å². The number of pyridine rings is 1. The summed E-state index contributed by atoms with van der Waals surface area (Å²) in [5.74, 6) is -1.61. The van der Waals surface area contributed by atoms with Crippen molar-refractivity contribution in [3.63, 3.8) is 0 Å². The molecule has 7 nitrogen and oxygen atoms in total. The fourth-order valence-corrected chi connectivity index (χ4v) is 6.43. The molecule has 11 heteroatoms. The highest BCUT2D eigenvalue weighted by molar-refractivity contribution is 7.92. The van der Waals surface area contributed by atoms with E-state index in [1.165, 1.54) is 12.3 Å². The Morgan fingerprint density at radius 2 is 1.57 bits per heavy atom. The van der Waals surface area contributed by atoms with Gasteiger partial charge in [-0.1, -0.05) is 47.5 Å². The van der Waals surface area contributed by atoms with Crippen LogP contribution in [0.25, 0.3) is 0 Å². The van der Waals surface area contributed by atoms with Gasteiger partial charge in [-0.2, -0.15) is 0 Å². The second-order valence-corrected chi connectivity index (χ2v) is 12.3. The summed E-state index contributed by atoms with van der Waals surface area (Å²) in [5, 5.41) is 3.87. The van der Waals surface area contributed by atoms with E-state index in [-0.39, 0.29) is 29.0 Å². The number of aromatic nitrogens is 1. The number of sulfonamides is 1. The Hall–Kier alpha value is -3.50. The highest BCUT2D eigenvalue weighted by Crippen LogP contribution is 2.36. The van der Waals surface area contributed by atoms with E-state index in [1.807, 2.05) is 48.5 Å². The van der Waals surface area contributed by atoms with Gasteiger partial charge >= 0.3 is 0 Å². The molecule has 1 saturated heterocycles. The maximum atomic E-state index is 14.3. The van der Waals surface area contributed by atoms with E-state index in [2.05, 4.69) is 19.9 Å². The van der Waals surface area contributed by atoms with Crippen LogP contribution in [0.15, 0.2) is 91.3 Å². The first-order chi connectivity index (χ1) is 19.1.